The van der Waals surface area contributed by atoms with Crippen molar-refractivity contribution in [1.82, 2.24) is 10.3 Å². The number of aromatic nitrogens is 1. The van der Waals surface area contributed by atoms with E-state index in [1.54, 1.807) is 18.3 Å². The van der Waals surface area contributed by atoms with Gasteiger partial charge < -0.3 is 4.98 Å². The van der Waals surface area contributed by atoms with E-state index in [9.17, 15) is 9.59 Å². The molecule has 1 aliphatic heterocycles. The molecule has 0 spiro atoms. The van der Waals surface area contributed by atoms with Gasteiger partial charge in [0.05, 0.1) is 10.6 Å². The molecule has 3 rings (SSSR count). The molecule has 0 saturated carbocycles. The van der Waals surface area contributed by atoms with Crippen molar-refractivity contribution in [2.75, 3.05) is 0 Å². The fourth-order valence-corrected chi connectivity index (χ4v) is 2.52. The zero-order valence-corrected chi connectivity index (χ0v) is 10.4. The molecular weight excluding hydrogens is 275 g/mol. The average molecular weight is 281 g/mol. The summed E-state index contributed by atoms with van der Waals surface area (Å²) in [6.07, 6.45) is 1.62. The molecule has 0 aliphatic carbocycles. The fourth-order valence-electron chi connectivity index (χ4n) is 2.01. The lowest BCUT2D eigenvalue weighted by Gasteiger charge is -2.00. The standard InChI is InChI=1S/C12H6Cl2N2O2/c13-6-2-1-3-7-8(6)5(4-15-7)9-10(14)12(18)16-11(9)17/h1-4,15H,(H,16,17,18). The topological polar surface area (TPSA) is 62.0 Å². The third kappa shape index (κ3) is 1.46. The van der Waals surface area contributed by atoms with Crippen molar-refractivity contribution in [2.24, 2.45) is 0 Å². The first kappa shape index (κ1) is 11.3. The van der Waals surface area contributed by atoms with Gasteiger partial charge in [-0.15, -0.1) is 0 Å². The quantitative estimate of drug-likeness (QED) is 0.788. The van der Waals surface area contributed by atoms with Gasteiger partial charge in [-0.25, -0.2) is 0 Å². The fraction of sp³-hybridized carbons (Fsp3) is 0. The van der Waals surface area contributed by atoms with E-state index in [4.69, 9.17) is 23.2 Å². The minimum Gasteiger partial charge on any atom is -0.360 e. The van der Waals surface area contributed by atoms with Crippen molar-refractivity contribution in [3.8, 4) is 0 Å². The molecule has 18 heavy (non-hydrogen) atoms. The van der Waals surface area contributed by atoms with Crippen LogP contribution in [0.25, 0.3) is 16.5 Å². The molecule has 4 nitrogen and oxygen atoms in total. The predicted octanol–water partition coefficient (Wildman–Crippen LogP) is 2.43. The van der Waals surface area contributed by atoms with Crippen molar-refractivity contribution in [3.05, 3.63) is 40.0 Å². The van der Waals surface area contributed by atoms with Crippen molar-refractivity contribution in [2.45, 2.75) is 0 Å². The molecule has 6 heteroatoms. The van der Waals surface area contributed by atoms with Crippen molar-refractivity contribution < 1.29 is 9.59 Å². The summed E-state index contributed by atoms with van der Waals surface area (Å²) in [5.41, 5.74) is 1.46. The molecule has 1 aliphatic rings. The second kappa shape index (κ2) is 3.86. The zero-order valence-electron chi connectivity index (χ0n) is 8.88. The Bertz CT molecular complexity index is 731. The second-order valence-electron chi connectivity index (χ2n) is 3.84. The van der Waals surface area contributed by atoms with E-state index in [-0.39, 0.29) is 10.6 Å². The highest BCUT2D eigenvalue weighted by Gasteiger charge is 2.31. The average Bonchev–Trinajstić information content (AvgIpc) is 2.83. The van der Waals surface area contributed by atoms with E-state index in [1.165, 1.54) is 0 Å². The molecule has 0 saturated heterocycles. The first-order valence-corrected chi connectivity index (χ1v) is 5.86. The Labute approximate surface area is 112 Å². The number of amides is 2. The number of H-pyrrole nitrogens is 1. The van der Waals surface area contributed by atoms with Crippen LogP contribution in [0.1, 0.15) is 5.56 Å². The predicted molar refractivity (Wildman–Crippen MR) is 69.2 cm³/mol. The molecule has 2 amide bonds. The van der Waals surface area contributed by atoms with Gasteiger partial charge in [-0.05, 0) is 12.1 Å². The largest absolute Gasteiger partial charge is 0.360 e. The number of benzene rings is 1. The molecule has 90 valence electrons. The molecular formula is C12H6Cl2N2O2. The maximum atomic E-state index is 11.7. The van der Waals surface area contributed by atoms with Crippen LogP contribution in [0.15, 0.2) is 29.4 Å². The van der Waals surface area contributed by atoms with Crippen LogP contribution in [0, 0.1) is 0 Å². The normalized spacial score (nSPS) is 15.7. The zero-order chi connectivity index (χ0) is 12.9. The number of hydrogen-bond donors (Lipinski definition) is 2. The summed E-state index contributed by atoms with van der Waals surface area (Å²) >= 11 is 12.0. The van der Waals surface area contributed by atoms with Crippen molar-refractivity contribution >= 4 is 51.5 Å². The molecule has 0 radical (unpaired) electrons. The summed E-state index contributed by atoms with van der Waals surface area (Å²) < 4.78 is 0. The van der Waals surface area contributed by atoms with Gasteiger partial charge in [-0.2, -0.15) is 0 Å². The number of fused-ring (bicyclic) bond motifs is 1. The van der Waals surface area contributed by atoms with Crippen molar-refractivity contribution in [1.29, 1.82) is 0 Å². The van der Waals surface area contributed by atoms with E-state index in [1.807, 2.05) is 6.07 Å². The number of rotatable bonds is 1. The molecule has 2 heterocycles. The van der Waals surface area contributed by atoms with Gasteiger partial charge in [0.25, 0.3) is 11.8 Å². The second-order valence-corrected chi connectivity index (χ2v) is 4.62. The summed E-state index contributed by atoms with van der Waals surface area (Å²) in [7, 11) is 0. The summed E-state index contributed by atoms with van der Waals surface area (Å²) in [4.78, 5) is 26.1. The first-order chi connectivity index (χ1) is 8.59. The highest BCUT2D eigenvalue weighted by molar-refractivity contribution is 6.56. The number of nitrogens with one attached hydrogen (secondary N) is 2. The molecule has 0 atom stereocenters. The summed E-state index contributed by atoms with van der Waals surface area (Å²) in [6.45, 7) is 0. The van der Waals surface area contributed by atoms with Crippen molar-refractivity contribution in [3.63, 3.8) is 0 Å². The van der Waals surface area contributed by atoms with E-state index in [0.717, 1.165) is 5.52 Å². The maximum Gasteiger partial charge on any atom is 0.270 e. The smallest absolute Gasteiger partial charge is 0.270 e. The monoisotopic (exact) mass is 280 g/mol. The molecule has 0 bridgehead atoms. The van der Waals surface area contributed by atoms with Crippen LogP contribution < -0.4 is 5.32 Å². The van der Waals surface area contributed by atoms with Crippen LogP contribution in [0.5, 0.6) is 0 Å². The van der Waals surface area contributed by atoms with Gasteiger partial charge in [0.15, 0.2) is 0 Å². The lowest BCUT2D eigenvalue weighted by atomic mass is 10.1. The Morgan fingerprint density at radius 1 is 1.06 bits per heavy atom. The summed E-state index contributed by atoms with van der Waals surface area (Å²) in [6, 6.07) is 5.33. The minimum absolute atomic E-state index is 0.110. The number of halogens is 2. The Morgan fingerprint density at radius 2 is 1.83 bits per heavy atom. The van der Waals surface area contributed by atoms with Crippen LogP contribution >= 0.6 is 23.2 Å². The van der Waals surface area contributed by atoms with Gasteiger partial charge in [0, 0.05) is 22.7 Å². The van der Waals surface area contributed by atoms with E-state index in [2.05, 4.69) is 10.3 Å². The Balaban J connectivity index is 2.34. The Kier molecular flexibility index (Phi) is 2.43. The Morgan fingerprint density at radius 3 is 2.50 bits per heavy atom. The van der Waals surface area contributed by atoms with Gasteiger partial charge >= 0.3 is 0 Å². The van der Waals surface area contributed by atoms with Crippen LogP contribution in [0.2, 0.25) is 5.02 Å². The Hall–Kier alpha value is -1.78. The molecule has 1 aromatic carbocycles. The van der Waals surface area contributed by atoms with Crippen LogP contribution in [0.4, 0.5) is 0 Å². The molecule has 0 fully saturated rings. The highest BCUT2D eigenvalue weighted by atomic mass is 35.5. The number of carbonyl (C=O) groups excluding carboxylic acids is 2. The lowest BCUT2D eigenvalue weighted by molar-refractivity contribution is -0.123. The minimum atomic E-state index is -0.585. The third-order valence-corrected chi connectivity index (χ3v) is 3.47. The van der Waals surface area contributed by atoms with E-state index in [0.29, 0.717) is 16.0 Å². The lowest BCUT2D eigenvalue weighted by Crippen LogP contribution is -2.22. The van der Waals surface area contributed by atoms with E-state index >= 15 is 0 Å². The number of aromatic amines is 1. The first-order valence-electron chi connectivity index (χ1n) is 5.11. The molecule has 2 aromatic rings. The van der Waals surface area contributed by atoms with Gasteiger partial charge in [0.2, 0.25) is 0 Å². The van der Waals surface area contributed by atoms with Gasteiger partial charge in [-0.3, -0.25) is 14.9 Å². The summed E-state index contributed by atoms with van der Waals surface area (Å²) in [5.74, 6) is -1.09. The third-order valence-electron chi connectivity index (χ3n) is 2.80. The maximum absolute atomic E-state index is 11.7. The van der Waals surface area contributed by atoms with Gasteiger partial charge in [-0.1, -0.05) is 29.3 Å². The molecule has 0 unspecified atom stereocenters. The van der Waals surface area contributed by atoms with Gasteiger partial charge in [0.1, 0.15) is 5.03 Å². The number of hydrogen-bond acceptors (Lipinski definition) is 2. The van der Waals surface area contributed by atoms with Crippen LogP contribution in [-0.4, -0.2) is 16.8 Å². The van der Waals surface area contributed by atoms with Crippen LogP contribution in [-0.2, 0) is 9.59 Å². The van der Waals surface area contributed by atoms with E-state index < -0.39 is 11.8 Å². The number of imide groups is 1. The summed E-state index contributed by atoms with van der Waals surface area (Å²) in [5, 5.41) is 3.21. The van der Waals surface area contributed by atoms with Crippen LogP contribution in [0.3, 0.4) is 0 Å². The molecule has 2 N–H and O–H groups in total. The number of carbonyl (C=O) groups is 2. The SMILES string of the molecule is O=C1NC(=O)C(c2c[nH]c3cccc(Cl)c23)=C1Cl. The molecule has 1 aromatic heterocycles. The highest BCUT2D eigenvalue weighted by Crippen LogP contribution is 2.35.